The summed E-state index contributed by atoms with van der Waals surface area (Å²) in [7, 11) is 1.35. The molecule has 1 aliphatic heterocycles. The van der Waals surface area contributed by atoms with E-state index in [9.17, 15) is 24.3 Å². The van der Waals surface area contributed by atoms with Crippen molar-refractivity contribution in [1.29, 1.82) is 0 Å². The van der Waals surface area contributed by atoms with E-state index in [0.717, 1.165) is 25.7 Å². The molecule has 0 aromatic heterocycles. The lowest BCUT2D eigenvalue weighted by Crippen LogP contribution is -2.41. The number of aliphatic carboxylic acids is 1. The van der Waals surface area contributed by atoms with E-state index in [1.54, 1.807) is 11.8 Å². The fourth-order valence-electron chi connectivity index (χ4n) is 5.66. The molecule has 1 saturated heterocycles. The first-order valence-electron chi connectivity index (χ1n) is 15.9. The minimum Gasteiger partial charge on any atom is -0.481 e. The first-order valence-corrected chi connectivity index (χ1v) is 15.9. The maximum Gasteiger partial charge on any atom is 0.311 e. The number of methoxy groups -OCH3 is 1. The molecule has 4 atom stereocenters. The van der Waals surface area contributed by atoms with E-state index in [2.05, 4.69) is 6.92 Å². The van der Waals surface area contributed by atoms with Crippen molar-refractivity contribution in [1.82, 2.24) is 4.90 Å². The monoisotopic (exact) mass is 567 g/mol. The molecule has 0 spiro atoms. The van der Waals surface area contributed by atoms with Gasteiger partial charge in [-0.05, 0) is 51.9 Å². The van der Waals surface area contributed by atoms with Gasteiger partial charge in [0.05, 0.1) is 31.0 Å². The third kappa shape index (κ3) is 13.0. The fraction of sp³-hybridized carbons (Fsp3) is 0.875. The van der Waals surface area contributed by atoms with E-state index in [1.807, 2.05) is 13.8 Å². The number of ether oxygens (including phenoxy) is 2. The Bertz CT molecular complexity index is 770. The number of unbranched alkanes of at least 4 members (excludes halogenated alkanes) is 9. The Kier molecular flexibility index (Phi) is 17.8. The van der Waals surface area contributed by atoms with Crippen LogP contribution < -0.4 is 0 Å². The van der Waals surface area contributed by atoms with Crippen LogP contribution in [0.25, 0.3) is 0 Å². The molecule has 1 aliphatic rings. The van der Waals surface area contributed by atoms with Crippen molar-refractivity contribution >= 4 is 23.8 Å². The van der Waals surface area contributed by atoms with E-state index >= 15 is 0 Å². The first-order chi connectivity index (χ1) is 19.1. The zero-order valence-electron chi connectivity index (χ0n) is 26.0. The number of nitrogens with zero attached hydrogens (tertiary/aromatic N) is 1. The maximum absolute atomic E-state index is 13.4. The van der Waals surface area contributed by atoms with E-state index < -0.39 is 23.2 Å². The van der Waals surface area contributed by atoms with Gasteiger partial charge >= 0.3 is 17.9 Å². The number of hydrogen-bond acceptors (Lipinski definition) is 6. The van der Waals surface area contributed by atoms with Crippen molar-refractivity contribution in [3.05, 3.63) is 0 Å². The van der Waals surface area contributed by atoms with Gasteiger partial charge in [-0.2, -0.15) is 0 Å². The van der Waals surface area contributed by atoms with Gasteiger partial charge in [0.15, 0.2) is 0 Å². The number of amides is 1. The van der Waals surface area contributed by atoms with Gasteiger partial charge in [0.25, 0.3) is 0 Å². The molecule has 0 bridgehead atoms. The van der Waals surface area contributed by atoms with Gasteiger partial charge in [0.2, 0.25) is 5.91 Å². The van der Waals surface area contributed by atoms with Crippen LogP contribution in [0.1, 0.15) is 137 Å². The molecule has 0 aromatic rings. The van der Waals surface area contributed by atoms with Crippen molar-refractivity contribution in [2.75, 3.05) is 20.3 Å². The van der Waals surface area contributed by atoms with Crippen LogP contribution in [0.3, 0.4) is 0 Å². The highest BCUT2D eigenvalue weighted by atomic mass is 16.5. The molecule has 1 fully saturated rings. The van der Waals surface area contributed by atoms with E-state index in [1.165, 1.54) is 52.1 Å². The standard InChI is InChI=1S/C32H57NO7/c1-6-8-9-10-11-12-13-14-15-16-22-40-30(37)26(24-32(4,7-2)31(38)39-5)23-27(20-19-25(3)29(35)36)33-21-17-18-28(33)34/h25-27H,6-24H2,1-5H3,(H,35,36). The number of esters is 2. The van der Waals surface area contributed by atoms with Gasteiger partial charge in [0, 0.05) is 19.0 Å². The summed E-state index contributed by atoms with van der Waals surface area (Å²) in [6, 6.07) is -0.273. The molecular formula is C32H57NO7. The summed E-state index contributed by atoms with van der Waals surface area (Å²) >= 11 is 0. The third-order valence-corrected chi connectivity index (χ3v) is 8.69. The predicted molar refractivity (Wildman–Crippen MR) is 157 cm³/mol. The summed E-state index contributed by atoms with van der Waals surface area (Å²) in [5.41, 5.74) is -0.858. The zero-order valence-corrected chi connectivity index (χ0v) is 26.0. The van der Waals surface area contributed by atoms with Gasteiger partial charge < -0.3 is 19.5 Å². The Balaban J connectivity index is 2.81. The lowest BCUT2D eigenvalue weighted by atomic mass is 9.76. The number of carbonyl (C=O) groups excluding carboxylic acids is 3. The van der Waals surface area contributed by atoms with E-state index in [4.69, 9.17) is 9.47 Å². The second-order valence-electron chi connectivity index (χ2n) is 12.1. The average molecular weight is 568 g/mol. The highest BCUT2D eigenvalue weighted by molar-refractivity contribution is 5.80. The van der Waals surface area contributed by atoms with Gasteiger partial charge in [-0.1, -0.05) is 78.6 Å². The number of likely N-dealkylation sites (tertiary alicyclic amines) is 1. The summed E-state index contributed by atoms with van der Waals surface area (Å²) in [6.45, 7) is 8.55. The van der Waals surface area contributed by atoms with Crippen molar-refractivity contribution in [3.63, 3.8) is 0 Å². The molecule has 4 unspecified atom stereocenters. The Morgan fingerprint density at radius 3 is 2.08 bits per heavy atom. The van der Waals surface area contributed by atoms with Crippen molar-refractivity contribution in [2.45, 2.75) is 143 Å². The second-order valence-corrected chi connectivity index (χ2v) is 12.1. The molecule has 8 nitrogen and oxygen atoms in total. The van der Waals surface area contributed by atoms with Crippen LogP contribution in [0.2, 0.25) is 0 Å². The molecule has 1 N–H and O–H groups in total. The SMILES string of the molecule is CCCCCCCCCCCCOC(=O)C(CC(CCC(C)C(=O)O)N1CCCC1=O)CC(C)(CC)C(=O)OC. The quantitative estimate of drug-likeness (QED) is 0.105. The van der Waals surface area contributed by atoms with Crippen LogP contribution in [-0.2, 0) is 28.7 Å². The number of carboxylic acid groups (broad SMARTS) is 1. The molecule has 0 saturated carbocycles. The summed E-state index contributed by atoms with van der Waals surface area (Å²) in [5, 5.41) is 9.38. The van der Waals surface area contributed by atoms with Crippen LogP contribution in [0.4, 0.5) is 0 Å². The topological polar surface area (TPSA) is 110 Å². The van der Waals surface area contributed by atoms with Crippen LogP contribution in [0, 0.1) is 17.3 Å². The summed E-state index contributed by atoms with van der Waals surface area (Å²) in [6.07, 6.45) is 15.2. The maximum atomic E-state index is 13.4. The number of rotatable bonds is 23. The molecule has 40 heavy (non-hydrogen) atoms. The zero-order chi connectivity index (χ0) is 30.0. The van der Waals surface area contributed by atoms with Crippen molar-refractivity contribution in [2.24, 2.45) is 17.3 Å². The Labute approximate surface area is 242 Å². The van der Waals surface area contributed by atoms with E-state index in [-0.39, 0.29) is 30.3 Å². The minimum atomic E-state index is -0.872. The van der Waals surface area contributed by atoms with E-state index in [0.29, 0.717) is 45.3 Å². The molecule has 0 aliphatic carbocycles. The largest absolute Gasteiger partial charge is 0.481 e. The van der Waals surface area contributed by atoms with Gasteiger partial charge in [-0.3, -0.25) is 19.2 Å². The van der Waals surface area contributed by atoms with Crippen LogP contribution >= 0.6 is 0 Å². The summed E-state index contributed by atoms with van der Waals surface area (Å²) < 4.78 is 10.8. The second kappa shape index (κ2) is 19.9. The third-order valence-electron chi connectivity index (χ3n) is 8.69. The lowest BCUT2D eigenvalue weighted by molar-refractivity contribution is -0.158. The highest BCUT2D eigenvalue weighted by Gasteiger charge is 2.40. The van der Waals surface area contributed by atoms with Gasteiger partial charge in [-0.25, -0.2) is 0 Å². The molecule has 1 amide bonds. The Morgan fingerprint density at radius 2 is 1.57 bits per heavy atom. The molecule has 1 heterocycles. The van der Waals surface area contributed by atoms with Crippen LogP contribution in [0.15, 0.2) is 0 Å². The number of hydrogen-bond donors (Lipinski definition) is 1. The Hall–Kier alpha value is -2.12. The fourth-order valence-corrected chi connectivity index (χ4v) is 5.66. The smallest absolute Gasteiger partial charge is 0.311 e. The molecule has 8 heteroatoms. The van der Waals surface area contributed by atoms with Crippen molar-refractivity contribution in [3.8, 4) is 0 Å². The molecule has 0 radical (unpaired) electrons. The van der Waals surface area contributed by atoms with Crippen LogP contribution in [-0.4, -0.2) is 60.1 Å². The number of carbonyl (C=O) groups is 4. The molecule has 0 aromatic carbocycles. The minimum absolute atomic E-state index is 0.0386. The normalized spacial score (nSPS) is 17.2. The van der Waals surface area contributed by atoms with Gasteiger partial charge in [0.1, 0.15) is 0 Å². The molecular weight excluding hydrogens is 510 g/mol. The molecule has 1 rings (SSSR count). The van der Waals surface area contributed by atoms with Gasteiger partial charge in [-0.15, -0.1) is 0 Å². The lowest BCUT2D eigenvalue weighted by Gasteiger charge is -2.34. The first kappa shape index (κ1) is 35.9. The molecule has 232 valence electrons. The summed E-state index contributed by atoms with van der Waals surface area (Å²) in [4.78, 5) is 52.0. The predicted octanol–water partition coefficient (Wildman–Crippen LogP) is 6.93. The van der Waals surface area contributed by atoms with Crippen molar-refractivity contribution < 1.29 is 33.8 Å². The number of carboxylic acids is 1. The summed E-state index contributed by atoms with van der Waals surface area (Å²) in [5.74, 6) is -2.68. The average Bonchev–Trinajstić information content (AvgIpc) is 3.37. The Morgan fingerprint density at radius 1 is 0.975 bits per heavy atom. The van der Waals surface area contributed by atoms with Crippen LogP contribution in [0.5, 0.6) is 0 Å². The highest BCUT2D eigenvalue weighted by Crippen LogP contribution is 2.36.